The SMILES string of the molecule is C[C@H]1CCc2sc(C(=O)N3CCN(c4ccc(F)cc4)CC3)cc2C1. The largest absolute Gasteiger partial charge is 0.368 e. The summed E-state index contributed by atoms with van der Waals surface area (Å²) in [5, 5.41) is 0. The molecule has 2 heterocycles. The highest BCUT2D eigenvalue weighted by Crippen LogP contribution is 2.33. The van der Waals surface area contributed by atoms with Crippen molar-refractivity contribution in [3.63, 3.8) is 0 Å². The van der Waals surface area contributed by atoms with Crippen molar-refractivity contribution in [3.05, 3.63) is 51.5 Å². The maximum absolute atomic E-state index is 13.1. The van der Waals surface area contributed by atoms with Gasteiger partial charge in [-0.2, -0.15) is 0 Å². The second-order valence-corrected chi connectivity index (χ2v) is 8.30. The summed E-state index contributed by atoms with van der Waals surface area (Å²) in [7, 11) is 0. The number of nitrogens with zero attached hydrogens (tertiary/aromatic N) is 2. The normalized spacial score (nSPS) is 20.5. The van der Waals surface area contributed by atoms with Crippen LogP contribution in [0.3, 0.4) is 0 Å². The van der Waals surface area contributed by atoms with Crippen molar-refractivity contribution in [1.29, 1.82) is 0 Å². The summed E-state index contributed by atoms with van der Waals surface area (Å²) >= 11 is 1.69. The van der Waals surface area contributed by atoms with Crippen LogP contribution in [0.4, 0.5) is 10.1 Å². The molecule has 0 radical (unpaired) electrons. The lowest BCUT2D eigenvalue weighted by Crippen LogP contribution is -2.48. The number of carbonyl (C=O) groups is 1. The van der Waals surface area contributed by atoms with Crippen LogP contribution in [0, 0.1) is 11.7 Å². The molecule has 0 bridgehead atoms. The summed E-state index contributed by atoms with van der Waals surface area (Å²) < 4.78 is 13.1. The molecular weight excluding hydrogens is 335 g/mol. The van der Waals surface area contributed by atoms with Gasteiger partial charge >= 0.3 is 0 Å². The fraction of sp³-hybridized carbons (Fsp3) is 0.450. The number of aryl methyl sites for hydroxylation is 1. The summed E-state index contributed by atoms with van der Waals surface area (Å²) in [6, 6.07) is 8.72. The van der Waals surface area contributed by atoms with Crippen LogP contribution >= 0.6 is 11.3 Å². The Bertz CT molecular complexity index is 763. The number of piperazine rings is 1. The molecule has 1 fully saturated rings. The van der Waals surface area contributed by atoms with Gasteiger partial charge in [-0.15, -0.1) is 11.3 Å². The standard InChI is InChI=1S/C20H23FN2OS/c1-14-2-7-18-15(12-14)13-19(25-18)20(24)23-10-8-22(9-11-23)17-5-3-16(21)4-6-17/h3-6,13-14H,2,7-12H2,1H3/t14-/m0/s1. The first kappa shape index (κ1) is 16.6. The average molecular weight is 358 g/mol. The van der Waals surface area contributed by atoms with Crippen molar-refractivity contribution in [2.75, 3.05) is 31.1 Å². The molecule has 3 nitrogen and oxygen atoms in total. The van der Waals surface area contributed by atoms with Crippen LogP contribution in [0.2, 0.25) is 0 Å². The Kier molecular flexibility index (Phi) is 4.50. The number of hydrogen-bond acceptors (Lipinski definition) is 3. The van der Waals surface area contributed by atoms with Gasteiger partial charge < -0.3 is 9.80 Å². The van der Waals surface area contributed by atoms with Gasteiger partial charge in [0, 0.05) is 36.7 Å². The second kappa shape index (κ2) is 6.79. The molecule has 1 aromatic heterocycles. The number of anilines is 1. The van der Waals surface area contributed by atoms with Crippen molar-refractivity contribution in [3.8, 4) is 0 Å². The van der Waals surface area contributed by atoms with E-state index < -0.39 is 0 Å². The van der Waals surface area contributed by atoms with E-state index >= 15 is 0 Å². The molecule has 5 heteroatoms. The minimum atomic E-state index is -0.214. The Labute approximate surface area is 152 Å². The molecule has 132 valence electrons. The topological polar surface area (TPSA) is 23.6 Å². The molecule has 1 aliphatic carbocycles. The average Bonchev–Trinajstić information content (AvgIpc) is 3.05. The van der Waals surface area contributed by atoms with Crippen LogP contribution in [0.15, 0.2) is 30.3 Å². The van der Waals surface area contributed by atoms with Crippen molar-refractivity contribution in [1.82, 2.24) is 4.90 Å². The number of benzene rings is 1. The van der Waals surface area contributed by atoms with Gasteiger partial charge in [-0.1, -0.05) is 6.92 Å². The van der Waals surface area contributed by atoms with Gasteiger partial charge in [0.15, 0.2) is 0 Å². The molecule has 4 rings (SSSR count). The van der Waals surface area contributed by atoms with Crippen LogP contribution in [0.25, 0.3) is 0 Å². The minimum absolute atomic E-state index is 0.172. The third-order valence-corrected chi connectivity index (χ3v) is 6.52. The number of halogens is 1. The molecule has 1 amide bonds. The minimum Gasteiger partial charge on any atom is -0.368 e. The number of thiophene rings is 1. The maximum atomic E-state index is 13.1. The molecule has 1 atom stereocenters. The van der Waals surface area contributed by atoms with E-state index in [1.165, 1.54) is 29.0 Å². The van der Waals surface area contributed by atoms with Crippen LogP contribution in [-0.2, 0) is 12.8 Å². The van der Waals surface area contributed by atoms with Crippen LogP contribution in [-0.4, -0.2) is 37.0 Å². The third kappa shape index (κ3) is 3.43. The maximum Gasteiger partial charge on any atom is 0.264 e. The van der Waals surface area contributed by atoms with Gasteiger partial charge in [-0.05, 0) is 61.1 Å². The Hall–Kier alpha value is -1.88. The lowest BCUT2D eigenvalue weighted by atomic mass is 9.90. The van der Waals surface area contributed by atoms with E-state index in [1.807, 2.05) is 4.90 Å². The summed E-state index contributed by atoms with van der Waals surface area (Å²) in [4.78, 5) is 19.3. The molecule has 2 aliphatic rings. The van der Waals surface area contributed by atoms with Crippen molar-refractivity contribution < 1.29 is 9.18 Å². The molecule has 2 aromatic rings. The van der Waals surface area contributed by atoms with Gasteiger partial charge in [-0.3, -0.25) is 4.79 Å². The highest BCUT2D eigenvalue weighted by Gasteiger charge is 2.26. The predicted octanol–water partition coefficient (Wildman–Crippen LogP) is 3.97. The first-order chi connectivity index (χ1) is 12.1. The van der Waals surface area contributed by atoms with Gasteiger partial charge in [0.05, 0.1) is 4.88 Å². The van der Waals surface area contributed by atoms with Crippen LogP contribution in [0.5, 0.6) is 0 Å². The van der Waals surface area contributed by atoms with Gasteiger partial charge in [0.2, 0.25) is 0 Å². The summed E-state index contributed by atoms with van der Waals surface area (Å²) in [6.07, 6.45) is 3.46. The van der Waals surface area contributed by atoms with E-state index in [1.54, 1.807) is 23.5 Å². The van der Waals surface area contributed by atoms with Gasteiger partial charge in [0.25, 0.3) is 5.91 Å². The van der Waals surface area contributed by atoms with E-state index in [-0.39, 0.29) is 11.7 Å². The zero-order valence-corrected chi connectivity index (χ0v) is 15.3. The Balaban J connectivity index is 1.40. The molecule has 0 N–H and O–H groups in total. The Morgan fingerprint density at radius 1 is 1.16 bits per heavy atom. The quantitative estimate of drug-likeness (QED) is 0.811. The monoisotopic (exact) mass is 358 g/mol. The van der Waals surface area contributed by atoms with Gasteiger partial charge in [-0.25, -0.2) is 4.39 Å². The molecular formula is C20H23FN2OS. The van der Waals surface area contributed by atoms with E-state index in [2.05, 4.69) is 17.9 Å². The zero-order valence-electron chi connectivity index (χ0n) is 14.5. The van der Waals surface area contributed by atoms with Gasteiger partial charge in [0.1, 0.15) is 5.82 Å². The van der Waals surface area contributed by atoms with Crippen LogP contribution in [0.1, 0.15) is 33.5 Å². The fourth-order valence-corrected chi connectivity index (χ4v) is 4.96. The zero-order chi connectivity index (χ0) is 17.4. The highest BCUT2D eigenvalue weighted by molar-refractivity contribution is 7.14. The lowest BCUT2D eigenvalue weighted by molar-refractivity contribution is 0.0751. The summed E-state index contributed by atoms with van der Waals surface area (Å²) in [5.41, 5.74) is 2.41. The predicted molar refractivity (Wildman–Crippen MR) is 100 cm³/mol. The molecule has 0 saturated carbocycles. The smallest absolute Gasteiger partial charge is 0.264 e. The first-order valence-electron chi connectivity index (χ1n) is 9.01. The van der Waals surface area contributed by atoms with E-state index in [0.29, 0.717) is 0 Å². The molecule has 0 unspecified atom stereocenters. The molecule has 25 heavy (non-hydrogen) atoms. The fourth-order valence-electron chi connectivity index (χ4n) is 3.79. The van der Waals surface area contributed by atoms with Crippen molar-refractivity contribution in [2.45, 2.75) is 26.2 Å². The molecule has 1 saturated heterocycles. The molecule has 1 aliphatic heterocycles. The third-order valence-electron chi connectivity index (χ3n) is 5.30. The Morgan fingerprint density at radius 3 is 2.60 bits per heavy atom. The van der Waals surface area contributed by atoms with E-state index in [9.17, 15) is 9.18 Å². The number of rotatable bonds is 2. The first-order valence-corrected chi connectivity index (χ1v) is 9.83. The molecule has 0 spiro atoms. The summed E-state index contributed by atoms with van der Waals surface area (Å²) in [5.74, 6) is 0.684. The Morgan fingerprint density at radius 2 is 1.88 bits per heavy atom. The second-order valence-electron chi connectivity index (χ2n) is 7.16. The molecule has 1 aromatic carbocycles. The highest BCUT2D eigenvalue weighted by atomic mass is 32.1. The van der Waals surface area contributed by atoms with E-state index in [4.69, 9.17) is 0 Å². The van der Waals surface area contributed by atoms with Crippen LogP contribution < -0.4 is 4.90 Å². The summed E-state index contributed by atoms with van der Waals surface area (Å²) in [6.45, 7) is 5.31. The van der Waals surface area contributed by atoms with Crippen molar-refractivity contribution in [2.24, 2.45) is 5.92 Å². The number of fused-ring (bicyclic) bond motifs is 1. The number of hydrogen-bond donors (Lipinski definition) is 0. The number of carbonyl (C=O) groups excluding carboxylic acids is 1. The number of amides is 1. The van der Waals surface area contributed by atoms with Crippen molar-refractivity contribution >= 4 is 22.9 Å². The lowest BCUT2D eigenvalue weighted by Gasteiger charge is -2.36. The van der Waals surface area contributed by atoms with E-state index in [0.717, 1.165) is 55.5 Å².